The fourth-order valence-electron chi connectivity index (χ4n) is 2.25. The first-order valence-corrected chi connectivity index (χ1v) is 7.86. The molecule has 2 rings (SSSR count). The van der Waals surface area contributed by atoms with Gasteiger partial charge in [-0.05, 0) is 37.1 Å². The Hall–Kier alpha value is -2.83. The molecule has 1 aromatic carbocycles. The summed E-state index contributed by atoms with van der Waals surface area (Å²) in [6.07, 6.45) is 4.24. The summed E-state index contributed by atoms with van der Waals surface area (Å²) in [5, 5.41) is 8.22. The van der Waals surface area contributed by atoms with Crippen LogP contribution in [0.3, 0.4) is 0 Å². The summed E-state index contributed by atoms with van der Waals surface area (Å²) in [7, 11) is 0. The van der Waals surface area contributed by atoms with Gasteiger partial charge in [-0.25, -0.2) is 9.59 Å². The largest absolute Gasteiger partial charge is 0.463 e. The van der Waals surface area contributed by atoms with Crippen LogP contribution in [0.25, 0.3) is 6.08 Å². The van der Waals surface area contributed by atoms with Gasteiger partial charge in [0.25, 0.3) is 0 Å². The van der Waals surface area contributed by atoms with Crippen LogP contribution < -0.4 is 16.0 Å². The van der Waals surface area contributed by atoms with Crippen LogP contribution in [0.5, 0.6) is 0 Å². The summed E-state index contributed by atoms with van der Waals surface area (Å²) in [5.74, 6) is -0.369. The summed E-state index contributed by atoms with van der Waals surface area (Å²) < 4.78 is 4.80. The van der Waals surface area contributed by atoms with Crippen LogP contribution in [0.2, 0.25) is 0 Å². The van der Waals surface area contributed by atoms with E-state index in [0.717, 1.165) is 12.0 Å². The minimum absolute atomic E-state index is 0.00126. The highest BCUT2D eigenvalue weighted by molar-refractivity contribution is 5.90. The van der Waals surface area contributed by atoms with Crippen molar-refractivity contribution in [3.8, 4) is 0 Å². The van der Waals surface area contributed by atoms with Crippen molar-refractivity contribution in [1.82, 2.24) is 10.6 Å². The van der Waals surface area contributed by atoms with Gasteiger partial charge in [0.2, 0.25) is 5.91 Å². The van der Waals surface area contributed by atoms with Gasteiger partial charge in [0.1, 0.15) is 0 Å². The lowest BCUT2D eigenvalue weighted by molar-refractivity contribution is -0.137. The molecule has 1 aromatic rings. The third kappa shape index (κ3) is 5.75. The Kier molecular flexibility index (Phi) is 6.36. The number of hydrogen-bond donors (Lipinski definition) is 3. The number of esters is 1. The lowest BCUT2D eigenvalue weighted by atomic mass is 10.2. The van der Waals surface area contributed by atoms with Crippen LogP contribution in [-0.4, -0.2) is 37.1 Å². The van der Waals surface area contributed by atoms with Crippen molar-refractivity contribution >= 4 is 29.7 Å². The van der Waals surface area contributed by atoms with E-state index in [2.05, 4.69) is 16.0 Å². The zero-order chi connectivity index (χ0) is 17.4. The SMILES string of the molecule is CCOC(=O)/C=C\c1ccc(NC(=O)NC[C@H]2CCC(=O)N2)cc1. The molecule has 1 aliphatic heterocycles. The molecule has 128 valence electrons. The highest BCUT2D eigenvalue weighted by Crippen LogP contribution is 2.11. The number of nitrogens with one attached hydrogen (secondary N) is 3. The van der Waals surface area contributed by atoms with Crippen LogP contribution in [0.15, 0.2) is 30.3 Å². The molecule has 0 aromatic heterocycles. The number of benzene rings is 1. The zero-order valence-electron chi connectivity index (χ0n) is 13.5. The molecule has 3 N–H and O–H groups in total. The number of urea groups is 1. The molecule has 1 atom stereocenters. The standard InChI is InChI=1S/C17H21N3O4/c1-2-24-16(22)10-5-12-3-6-13(7-4-12)20-17(23)18-11-14-8-9-15(21)19-14/h3-7,10,14H,2,8-9,11H2,1H3,(H,19,21)(H2,18,20,23)/b10-5-/t14-/m1/s1. The van der Waals surface area contributed by atoms with Crippen LogP contribution in [-0.2, 0) is 14.3 Å². The number of hydrogen-bond acceptors (Lipinski definition) is 4. The third-order valence-electron chi connectivity index (χ3n) is 3.46. The van der Waals surface area contributed by atoms with Crippen molar-refractivity contribution in [2.24, 2.45) is 0 Å². The highest BCUT2D eigenvalue weighted by atomic mass is 16.5. The second-order valence-electron chi connectivity index (χ2n) is 5.35. The van der Waals surface area contributed by atoms with E-state index in [0.29, 0.717) is 25.3 Å². The van der Waals surface area contributed by atoms with Crippen LogP contribution in [0, 0.1) is 0 Å². The van der Waals surface area contributed by atoms with Crippen molar-refractivity contribution in [2.45, 2.75) is 25.8 Å². The fraction of sp³-hybridized carbons (Fsp3) is 0.353. The summed E-state index contributed by atoms with van der Waals surface area (Å²) in [6, 6.07) is 6.71. The van der Waals surface area contributed by atoms with Crippen LogP contribution in [0.1, 0.15) is 25.3 Å². The summed E-state index contributed by atoms with van der Waals surface area (Å²) >= 11 is 0. The van der Waals surface area contributed by atoms with Crippen LogP contribution >= 0.6 is 0 Å². The molecule has 7 nitrogen and oxygen atoms in total. The maximum Gasteiger partial charge on any atom is 0.330 e. The molecular formula is C17H21N3O4. The van der Waals surface area contributed by atoms with Gasteiger partial charge in [0.05, 0.1) is 6.61 Å². The first kappa shape index (κ1) is 17.5. The van der Waals surface area contributed by atoms with Crippen molar-refractivity contribution in [1.29, 1.82) is 0 Å². The van der Waals surface area contributed by atoms with Gasteiger partial charge in [0.15, 0.2) is 0 Å². The molecule has 0 spiro atoms. The Morgan fingerprint density at radius 1 is 1.33 bits per heavy atom. The predicted octanol–water partition coefficient (Wildman–Crippen LogP) is 1.66. The molecule has 0 aliphatic carbocycles. The lowest BCUT2D eigenvalue weighted by Crippen LogP contribution is -2.40. The second kappa shape index (κ2) is 8.71. The number of anilines is 1. The van der Waals surface area contributed by atoms with E-state index in [-0.39, 0.29) is 18.0 Å². The average molecular weight is 331 g/mol. The molecule has 1 aliphatic rings. The molecule has 0 radical (unpaired) electrons. The number of ether oxygens (including phenoxy) is 1. The van der Waals surface area contributed by atoms with Gasteiger partial charge in [0, 0.05) is 30.8 Å². The Morgan fingerprint density at radius 2 is 2.08 bits per heavy atom. The average Bonchev–Trinajstić information content (AvgIpc) is 2.98. The van der Waals surface area contributed by atoms with E-state index < -0.39 is 5.97 Å². The molecule has 0 saturated carbocycles. The molecule has 1 saturated heterocycles. The van der Waals surface area contributed by atoms with Gasteiger partial charge in [-0.2, -0.15) is 0 Å². The molecular weight excluding hydrogens is 310 g/mol. The van der Waals surface area contributed by atoms with Gasteiger partial charge in [-0.1, -0.05) is 12.1 Å². The summed E-state index contributed by atoms with van der Waals surface area (Å²) in [4.78, 5) is 34.1. The van der Waals surface area contributed by atoms with Crippen molar-refractivity contribution in [3.63, 3.8) is 0 Å². The van der Waals surface area contributed by atoms with Gasteiger partial charge in [-0.15, -0.1) is 0 Å². The summed E-state index contributed by atoms with van der Waals surface area (Å²) in [6.45, 7) is 2.49. The maximum absolute atomic E-state index is 11.8. The summed E-state index contributed by atoms with van der Waals surface area (Å²) in [5.41, 5.74) is 1.46. The number of rotatable bonds is 6. The fourth-order valence-corrected chi connectivity index (χ4v) is 2.25. The quantitative estimate of drug-likeness (QED) is 0.545. The van der Waals surface area contributed by atoms with E-state index in [1.54, 1.807) is 37.3 Å². The Labute approximate surface area is 140 Å². The minimum Gasteiger partial charge on any atom is -0.463 e. The van der Waals surface area contributed by atoms with Crippen molar-refractivity contribution in [2.75, 3.05) is 18.5 Å². The zero-order valence-corrected chi connectivity index (χ0v) is 13.5. The number of carbonyl (C=O) groups is 3. The number of carbonyl (C=O) groups excluding carboxylic acids is 3. The van der Waals surface area contributed by atoms with E-state index >= 15 is 0 Å². The highest BCUT2D eigenvalue weighted by Gasteiger charge is 2.20. The van der Waals surface area contributed by atoms with Gasteiger partial charge >= 0.3 is 12.0 Å². The van der Waals surface area contributed by atoms with E-state index in [1.165, 1.54) is 6.08 Å². The van der Waals surface area contributed by atoms with E-state index in [1.807, 2.05) is 0 Å². The van der Waals surface area contributed by atoms with E-state index in [9.17, 15) is 14.4 Å². The Balaban J connectivity index is 1.77. The van der Waals surface area contributed by atoms with Gasteiger partial charge < -0.3 is 20.7 Å². The smallest absolute Gasteiger partial charge is 0.330 e. The van der Waals surface area contributed by atoms with E-state index in [4.69, 9.17) is 4.74 Å². The maximum atomic E-state index is 11.8. The monoisotopic (exact) mass is 331 g/mol. The first-order chi connectivity index (χ1) is 11.6. The molecule has 24 heavy (non-hydrogen) atoms. The molecule has 0 bridgehead atoms. The van der Waals surface area contributed by atoms with Crippen molar-refractivity contribution in [3.05, 3.63) is 35.9 Å². The van der Waals surface area contributed by atoms with Gasteiger partial charge in [-0.3, -0.25) is 4.79 Å². The molecule has 1 fully saturated rings. The minimum atomic E-state index is -0.391. The molecule has 1 heterocycles. The Bertz CT molecular complexity index is 625. The first-order valence-electron chi connectivity index (χ1n) is 7.86. The normalized spacial score (nSPS) is 16.7. The predicted molar refractivity (Wildman–Crippen MR) is 90.3 cm³/mol. The molecule has 7 heteroatoms. The number of amides is 3. The van der Waals surface area contributed by atoms with Crippen LogP contribution in [0.4, 0.5) is 10.5 Å². The van der Waals surface area contributed by atoms with Crippen molar-refractivity contribution < 1.29 is 19.1 Å². The Morgan fingerprint density at radius 3 is 2.71 bits per heavy atom. The third-order valence-corrected chi connectivity index (χ3v) is 3.46. The topological polar surface area (TPSA) is 96.5 Å². The lowest BCUT2D eigenvalue weighted by Gasteiger charge is -2.12. The molecule has 3 amide bonds. The molecule has 0 unspecified atom stereocenters. The second-order valence-corrected chi connectivity index (χ2v) is 5.35.